The molecule has 0 amide bonds. The van der Waals surface area contributed by atoms with Crippen LogP contribution in [0.15, 0.2) is 197 Å². The van der Waals surface area contributed by atoms with Gasteiger partial charge in [-0.15, -0.1) is 0 Å². The van der Waals surface area contributed by atoms with Gasteiger partial charge in [0.25, 0.3) is 0 Å². The van der Waals surface area contributed by atoms with Gasteiger partial charge in [0.15, 0.2) is 17.5 Å². The van der Waals surface area contributed by atoms with Crippen molar-refractivity contribution in [2.75, 3.05) is 0 Å². The van der Waals surface area contributed by atoms with Gasteiger partial charge < -0.3 is 8.83 Å². The van der Waals surface area contributed by atoms with Gasteiger partial charge in [-0.25, -0.2) is 15.0 Å². The van der Waals surface area contributed by atoms with E-state index in [1.807, 2.05) is 42.5 Å². The molecular formula is C53H31N3O2. The summed E-state index contributed by atoms with van der Waals surface area (Å²) in [5.41, 5.74) is 10.3. The summed E-state index contributed by atoms with van der Waals surface area (Å²) in [5.74, 6) is 1.69. The fourth-order valence-corrected chi connectivity index (χ4v) is 8.55. The van der Waals surface area contributed by atoms with Crippen molar-refractivity contribution >= 4 is 65.4 Å². The molecule has 0 saturated heterocycles. The predicted octanol–water partition coefficient (Wildman–Crippen LogP) is 14.3. The van der Waals surface area contributed by atoms with Gasteiger partial charge in [0, 0.05) is 38.2 Å². The van der Waals surface area contributed by atoms with E-state index in [9.17, 15) is 0 Å². The summed E-state index contributed by atoms with van der Waals surface area (Å²) >= 11 is 0. The predicted molar refractivity (Wildman–Crippen MR) is 237 cm³/mol. The molecule has 3 heterocycles. The Bertz CT molecular complexity index is 3580. The molecule has 0 bridgehead atoms. The second kappa shape index (κ2) is 12.8. The standard InChI is InChI=1S/C53H31N3O2/c1-2-13-33(14-3-1)38-26-27-39(41-17-7-6-16-40(38)41)37-29-45(50-44-19-9-11-21-47(44)58-49(50)31-37)53-55-51(35-23-22-32-12-4-5-15-34(32)28-35)54-52(56-53)36-24-25-43-42-18-8-10-20-46(42)57-48(43)30-36/h1-31H. The average molecular weight is 742 g/mol. The molecule has 0 radical (unpaired) electrons. The number of nitrogens with zero attached hydrogens (tertiary/aromatic N) is 3. The molecule has 0 aliphatic carbocycles. The Labute approximate surface area is 332 Å². The van der Waals surface area contributed by atoms with Gasteiger partial charge in [-0.2, -0.15) is 0 Å². The fraction of sp³-hybridized carbons (Fsp3) is 0. The van der Waals surface area contributed by atoms with Crippen LogP contribution in [0.5, 0.6) is 0 Å². The maximum absolute atomic E-state index is 6.65. The lowest BCUT2D eigenvalue weighted by atomic mass is 9.90. The lowest BCUT2D eigenvalue weighted by molar-refractivity contribution is 0.668. The van der Waals surface area contributed by atoms with Crippen molar-refractivity contribution in [3.63, 3.8) is 0 Å². The Hall–Kier alpha value is -7.89. The van der Waals surface area contributed by atoms with Crippen LogP contribution >= 0.6 is 0 Å². The molecule has 58 heavy (non-hydrogen) atoms. The minimum Gasteiger partial charge on any atom is -0.456 e. The molecule has 0 spiro atoms. The van der Waals surface area contributed by atoms with Crippen LogP contribution in [-0.2, 0) is 0 Å². The first-order valence-corrected chi connectivity index (χ1v) is 19.4. The number of hydrogen-bond donors (Lipinski definition) is 0. The second-order valence-electron chi connectivity index (χ2n) is 14.7. The van der Waals surface area contributed by atoms with Crippen molar-refractivity contribution in [2.45, 2.75) is 0 Å². The minimum absolute atomic E-state index is 0.555. The molecule has 3 aromatic heterocycles. The molecule has 0 fully saturated rings. The Kier molecular flexibility index (Phi) is 7.16. The van der Waals surface area contributed by atoms with Gasteiger partial charge in [0.1, 0.15) is 22.3 Å². The molecular weight excluding hydrogens is 711 g/mol. The third-order valence-corrected chi connectivity index (χ3v) is 11.3. The average Bonchev–Trinajstić information content (AvgIpc) is 3.86. The summed E-state index contributed by atoms with van der Waals surface area (Å²) in [4.78, 5) is 15.8. The van der Waals surface area contributed by atoms with E-state index in [1.54, 1.807) is 0 Å². The van der Waals surface area contributed by atoms with Crippen LogP contribution in [0.1, 0.15) is 0 Å². The van der Waals surface area contributed by atoms with Gasteiger partial charge in [-0.3, -0.25) is 0 Å². The van der Waals surface area contributed by atoms with Crippen LogP contribution in [0.4, 0.5) is 0 Å². The maximum atomic E-state index is 6.65. The lowest BCUT2D eigenvalue weighted by Crippen LogP contribution is -2.01. The lowest BCUT2D eigenvalue weighted by Gasteiger charge is -2.14. The van der Waals surface area contributed by atoms with Crippen molar-refractivity contribution < 1.29 is 8.83 Å². The smallest absolute Gasteiger partial charge is 0.164 e. The fourth-order valence-electron chi connectivity index (χ4n) is 8.55. The number of aromatic nitrogens is 3. The molecule has 0 aliphatic rings. The zero-order valence-corrected chi connectivity index (χ0v) is 31.1. The highest BCUT2D eigenvalue weighted by Gasteiger charge is 2.21. The SMILES string of the molecule is c1ccc(-c2ccc(-c3cc(-c4nc(-c5ccc6ccccc6c5)nc(-c5ccc6c(c5)oc5ccccc56)n4)c4c(c3)oc3ccccc34)c3ccccc23)cc1. The van der Waals surface area contributed by atoms with Crippen LogP contribution in [0.3, 0.4) is 0 Å². The van der Waals surface area contributed by atoms with Gasteiger partial charge in [-0.1, -0.05) is 146 Å². The van der Waals surface area contributed by atoms with E-state index in [0.29, 0.717) is 17.5 Å². The zero-order valence-electron chi connectivity index (χ0n) is 31.1. The first-order chi connectivity index (χ1) is 28.7. The van der Waals surface area contributed by atoms with E-state index in [2.05, 4.69) is 146 Å². The number of fused-ring (bicyclic) bond motifs is 8. The van der Waals surface area contributed by atoms with Crippen molar-refractivity contribution in [2.24, 2.45) is 0 Å². The summed E-state index contributed by atoms with van der Waals surface area (Å²) in [6, 6.07) is 65.2. The third-order valence-electron chi connectivity index (χ3n) is 11.3. The van der Waals surface area contributed by atoms with E-state index in [4.69, 9.17) is 23.8 Å². The van der Waals surface area contributed by atoms with E-state index < -0.39 is 0 Å². The normalized spacial score (nSPS) is 11.8. The van der Waals surface area contributed by atoms with Crippen molar-refractivity contribution in [1.29, 1.82) is 0 Å². The molecule has 5 nitrogen and oxygen atoms in total. The van der Waals surface area contributed by atoms with E-state index in [0.717, 1.165) is 87.9 Å². The molecule has 0 saturated carbocycles. The van der Waals surface area contributed by atoms with Crippen molar-refractivity contribution in [3.05, 3.63) is 188 Å². The highest BCUT2D eigenvalue weighted by molar-refractivity contribution is 6.15. The molecule has 12 rings (SSSR count). The zero-order chi connectivity index (χ0) is 38.2. The quantitative estimate of drug-likeness (QED) is 0.176. The molecule has 0 atom stereocenters. The first-order valence-electron chi connectivity index (χ1n) is 19.4. The van der Waals surface area contributed by atoms with Crippen LogP contribution in [0.2, 0.25) is 0 Å². The van der Waals surface area contributed by atoms with Crippen molar-refractivity contribution in [1.82, 2.24) is 15.0 Å². The highest BCUT2D eigenvalue weighted by Crippen LogP contribution is 2.43. The van der Waals surface area contributed by atoms with Crippen LogP contribution in [-0.4, -0.2) is 15.0 Å². The summed E-state index contributed by atoms with van der Waals surface area (Å²) in [6.45, 7) is 0. The van der Waals surface area contributed by atoms with Gasteiger partial charge in [0.05, 0.1) is 0 Å². The van der Waals surface area contributed by atoms with Gasteiger partial charge in [-0.05, 0) is 86.3 Å². The molecule has 12 aromatic rings. The molecule has 9 aromatic carbocycles. The molecule has 0 N–H and O–H groups in total. The van der Waals surface area contributed by atoms with Crippen LogP contribution in [0, 0.1) is 0 Å². The minimum atomic E-state index is 0.555. The van der Waals surface area contributed by atoms with Gasteiger partial charge in [0.2, 0.25) is 0 Å². The topological polar surface area (TPSA) is 65.0 Å². The number of benzene rings is 9. The summed E-state index contributed by atoms with van der Waals surface area (Å²) in [7, 11) is 0. The Balaban J connectivity index is 1.12. The van der Waals surface area contributed by atoms with E-state index in [1.165, 1.54) is 16.5 Å². The van der Waals surface area contributed by atoms with E-state index in [-0.39, 0.29) is 0 Å². The van der Waals surface area contributed by atoms with Crippen LogP contribution < -0.4 is 0 Å². The van der Waals surface area contributed by atoms with Crippen LogP contribution in [0.25, 0.3) is 122 Å². The summed E-state index contributed by atoms with van der Waals surface area (Å²) < 4.78 is 13.0. The number of furan rings is 2. The van der Waals surface area contributed by atoms with Crippen molar-refractivity contribution in [3.8, 4) is 56.4 Å². The second-order valence-corrected chi connectivity index (χ2v) is 14.7. The number of para-hydroxylation sites is 2. The van der Waals surface area contributed by atoms with Gasteiger partial charge >= 0.3 is 0 Å². The van der Waals surface area contributed by atoms with E-state index >= 15 is 0 Å². The Morgan fingerprint density at radius 1 is 0.276 bits per heavy atom. The Morgan fingerprint density at radius 3 is 1.59 bits per heavy atom. The largest absolute Gasteiger partial charge is 0.456 e. The summed E-state index contributed by atoms with van der Waals surface area (Å²) in [6.07, 6.45) is 0. The molecule has 5 heteroatoms. The summed E-state index contributed by atoms with van der Waals surface area (Å²) in [5, 5.41) is 8.68. The molecule has 0 unspecified atom stereocenters. The monoisotopic (exact) mass is 741 g/mol. The number of rotatable bonds is 5. The maximum Gasteiger partial charge on any atom is 0.164 e. The molecule has 0 aliphatic heterocycles. The third kappa shape index (κ3) is 5.21. The Morgan fingerprint density at radius 2 is 0.810 bits per heavy atom. The highest BCUT2D eigenvalue weighted by atomic mass is 16.3. The molecule has 270 valence electrons. The number of hydrogen-bond acceptors (Lipinski definition) is 5. The first kappa shape index (κ1) is 32.4.